The average Bonchev–Trinajstić information content (AvgIpc) is 2.97. The molecular weight excluding hydrogens is 308 g/mol. The van der Waals surface area contributed by atoms with Crippen LogP contribution in [0.25, 0.3) is 0 Å². The van der Waals surface area contributed by atoms with Gasteiger partial charge in [0.15, 0.2) is 15.7 Å². The van der Waals surface area contributed by atoms with Crippen molar-refractivity contribution in [3.8, 4) is 6.07 Å². The lowest BCUT2D eigenvalue weighted by atomic mass is 10.1. The first-order valence-electron chi connectivity index (χ1n) is 6.89. The number of sulfone groups is 1. The SMILES string of the molecule is N#Cc1c(N)n[nH]c1CCCNC(=O)N[C@@H]1CCS(=O)(=O)C1. The minimum absolute atomic E-state index is 0.000624. The number of aromatic amines is 1. The second kappa shape index (κ2) is 6.65. The van der Waals surface area contributed by atoms with Gasteiger partial charge in [0, 0.05) is 12.6 Å². The Morgan fingerprint density at radius 2 is 2.32 bits per heavy atom. The van der Waals surface area contributed by atoms with Crippen LogP contribution in [-0.4, -0.2) is 48.7 Å². The van der Waals surface area contributed by atoms with E-state index in [0.717, 1.165) is 0 Å². The number of anilines is 1. The van der Waals surface area contributed by atoms with Crippen LogP contribution in [0.5, 0.6) is 0 Å². The number of nitrogens with two attached hydrogens (primary N) is 1. The molecule has 1 saturated heterocycles. The van der Waals surface area contributed by atoms with Crippen molar-refractivity contribution in [3.63, 3.8) is 0 Å². The van der Waals surface area contributed by atoms with Crippen molar-refractivity contribution in [2.24, 2.45) is 0 Å². The number of rotatable bonds is 5. The van der Waals surface area contributed by atoms with E-state index in [-0.39, 0.29) is 29.4 Å². The zero-order chi connectivity index (χ0) is 16.2. The maximum Gasteiger partial charge on any atom is 0.315 e. The van der Waals surface area contributed by atoms with Crippen molar-refractivity contribution in [2.75, 3.05) is 23.8 Å². The Labute approximate surface area is 128 Å². The lowest BCUT2D eigenvalue weighted by Crippen LogP contribution is -2.43. The van der Waals surface area contributed by atoms with Crippen molar-refractivity contribution in [3.05, 3.63) is 11.3 Å². The van der Waals surface area contributed by atoms with Crippen LogP contribution in [0, 0.1) is 11.3 Å². The zero-order valence-electron chi connectivity index (χ0n) is 11.9. The van der Waals surface area contributed by atoms with E-state index in [1.807, 2.05) is 6.07 Å². The summed E-state index contributed by atoms with van der Waals surface area (Å²) in [6.07, 6.45) is 1.59. The molecule has 120 valence electrons. The number of aromatic nitrogens is 2. The molecule has 0 aliphatic carbocycles. The van der Waals surface area contributed by atoms with E-state index in [1.165, 1.54) is 0 Å². The van der Waals surface area contributed by atoms with Gasteiger partial charge in [-0.1, -0.05) is 0 Å². The van der Waals surface area contributed by atoms with Crippen LogP contribution < -0.4 is 16.4 Å². The van der Waals surface area contributed by atoms with Gasteiger partial charge in [-0.05, 0) is 19.3 Å². The Bertz CT molecular complexity index is 690. The molecule has 10 heteroatoms. The summed E-state index contributed by atoms with van der Waals surface area (Å²) < 4.78 is 22.6. The number of carbonyl (C=O) groups excluding carboxylic acids is 1. The molecular formula is C12H18N6O3S. The summed E-state index contributed by atoms with van der Waals surface area (Å²) in [4.78, 5) is 11.6. The lowest BCUT2D eigenvalue weighted by Gasteiger charge is -2.11. The van der Waals surface area contributed by atoms with Gasteiger partial charge in [0.05, 0.1) is 17.2 Å². The molecule has 2 heterocycles. The molecule has 0 saturated carbocycles. The summed E-state index contributed by atoms with van der Waals surface area (Å²) in [5, 5.41) is 20.7. The number of H-pyrrole nitrogens is 1. The van der Waals surface area contributed by atoms with Gasteiger partial charge < -0.3 is 16.4 Å². The molecule has 5 N–H and O–H groups in total. The third-order valence-corrected chi connectivity index (χ3v) is 5.21. The molecule has 1 aromatic rings. The monoisotopic (exact) mass is 326 g/mol. The number of nitrogen functional groups attached to an aromatic ring is 1. The van der Waals surface area contributed by atoms with Crippen LogP contribution >= 0.6 is 0 Å². The van der Waals surface area contributed by atoms with Gasteiger partial charge in [0.25, 0.3) is 0 Å². The number of amides is 2. The van der Waals surface area contributed by atoms with Crippen LogP contribution in [-0.2, 0) is 16.3 Å². The predicted molar refractivity (Wildman–Crippen MR) is 79.6 cm³/mol. The molecule has 22 heavy (non-hydrogen) atoms. The van der Waals surface area contributed by atoms with Gasteiger partial charge in [-0.15, -0.1) is 0 Å². The fraction of sp³-hybridized carbons (Fsp3) is 0.583. The summed E-state index contributed by atoms with van der Waals surface area (Å²) in [5.74, 6) is 0.292. The van der Waals surface area contributed by atoms with Crippen molar-refractivity contribution >= 4 is 21.7 Å². The van der Waals surface area contributed by atoms with Crippen LogP contribution in [0.3, 0.4) is 0 Å². The highest BCUT2D eigenvalue weighted by molar-refractivity contribution is 7.91. The van der Waals surface area contributed by atoms with Crippen LogP contribution in [0.4, 0.5) is 10.6 Å². The smallest absolute Gasteiger partial charge is 0.315 e. The molecule has 1 atom stereocenters. The molecule has 1 aromatic heterocycles. The average molecular weight is 326 g/mol. The van der Waals surface area contributed by atoms with E-state index in [0.29, 0.717) is 37.1 Å². The number of hydrogen-bond acceptors (Lipinski definition) is 6. The second-order valence-electron chi connectivity index (χ2n) is 5.18. The number of aryl methyl sites for hydroxylation is 1. The second-order valence-corrected chi connectivity index (χ2v) is 7.41. The van der Waals surface area contributed by atoms with Crippen molar-refractivity contribution in [2.45, 2.75) is 25.3 Å². The molecule has 0 unspecified atom stereocenters. The predicted octanol–water partition coefficient (Wildman–Crippen LogP) is -0.718. The lowest BCUT2D eigenvalue weighted by molar-refractivity contribution is 0.238. The van der Waals surface area contributed by atoms with Gasteiger partial charge in [0.1, 0.15) is 11.6 Å². The Kier molecular flexibility index (Phi) is 4.87. The van der Waals surface area contributed by atoms with E-state index >= 15 is 0 Å². The van der Waals surface area contributed by atoms with Gasteiger partial charge in [0.2, 0.25) is 0 Å². The van der Waals surface area contributed by atoms with Crippen LogP contribution in [0.15, 0.2) is 0 Å². The summed E-state index contributed by atoms with van der Waals surface area (Å²) in [6.45, 7) is 0.398. The topological polar surface area (TPSA) is 154 Å². The van der Waals surface area contributed by atoms with E-state index < -0.39 is 9.84 Å². The van der Waals surface area contributed by atoms with E-state index in [9.17, 15) is 13.2 Å². The maximum atomic E-state index is 11.6. The highest BCUT2D eigenvalue weighted by Crippen LogP contribution is 2.13. The van der Waals surface area contributed by atoms with Crippen molar-refractivity contribution in [1.82, 2.24) is 20.8 Å². The molecule has 2 amide bonds. The molecule has 1 fully saturated rings. The maximum absolute atomic E-state index is 11.6. The Balaban J connectivity index is 1.68. The van der Waals surface area contributed by atoms with Crippen LogP contribution in [0.1, 0.15) is 24.1 Å². The van der Waals surface area contributed by atoms with Crippen molar-refractivity contribution < 1.29 is 13.2 Å². The molecule has 9 nitrogen and oxygen atoms in total. The molecule has 0 aromatic carbocycles. The number of nitrogens with one attached hydrogen (secondary N) is 3. The minimum atomic E-state index is -3.00. The van der Waals surface area contributed by atoms with E-state index in [2.05, 4.69) is 20.8 Å². The van der Waals surface area contributed by atoms with E-state index in [1.54, 1.807) is 0 Å². The fourth-order valence-electron chi connectivity index (χ4n) is 2.31. The first-order chi connectivity index (χ1) is 10.4. The Morgan fingerprint density at radius 3 is 2.95 bits per heavy atom. The Hall–Kier alpha value is -2.28. The quantitative estimate of drug-likeness (QED) is 0.524. The first-order valence-corrected chi connectivity index (χ1v) is 8.71. The number of hydrogen-bond donors (Lipinski definition) is 4. The van der Waals surface area contributed by atoms with Crippen molar-refractivity contribution in [1.29, 1.82) is 5.26 Å². The number of urea groups is 1. The molecule has 0 radical (unpaired) electrons. The van der Waals surface area contributed by atoms with Crippen LogP contribution in [0.2, 0.25) is 0 Å². The normalized spacial score (nSPS) is 19.5. The third kappa shape index (κ3) is 4.11. The summed E-state index contributed by atoms with van der Waals surface area (Å²) in [6, 6.07) is 1.27. The molecule has 2 rings (SSSR count). The molecule has 1 aliphatic rings. The number of nitrogens with zero attached hydrogens (tertiary/aromatic N) is 2. The number of carbonyl (C=O) groups is 1. The summed E-state index contributed by atoms with van der Waals surface area (Å²) in [5.41, 5.74) is 6.50. The fourth-order valence-corrected chi connectivity index (χ4v) is 3.99. The van der Waals surface area contributed by atoms with E-state index in [4.69, 9.17) is 11.0 Å². The third-order valence-electron chi connectivity index (χ3n) is 3.44. The summed E-state index contributed by atoms with van der Waals surface area (Å²) in [7, 11) is -3.00. The molecule has 0 spiro atoms. The standard InChI is InChI=1S/C12H18N6O3S/c13-6-9-10(17-18-11(9)14)2-1-4-15-12(19)16-8-3-5-22(20,21)7-8/h8H,1-5,7H2,(H3,14,17,18)(H2,15,16,19)/t8-/m1/s1. The van der Waals surface area contributed by atoms with Gasteiger partial charge in [-0.25, -0.2) is 13.2 Å². The molecule has 0 bridgehead atoms. The van der Waals surface area contributed by atoms with Gasteiger partial charge in [-0.2, -0.15) is 10.4 Å². The largest absolute Gasteiger partial charge is 0.381 e. The zero-order valence-corrected chi connectivity index (χ0v) is 12.7. The highest BCUT2D eigenvalue weighted by Gasteiger charge is 2.28. The number of nitriles is 1. The first kappa shape index (κ1) is 16.1. The van der Waals surface area contributed by atoms with Gasteiger partial charge in [-0.3, -0.25) is 5.10 Å². The summed E-state index contributed by atoms with van der Waals surface area (Å²) >= 11 is 0. The Morgan fingerprint density at radius 1 is 1.55 bits per heavy atom. The highest BCUT2D eigenvalue weighted by atomic mass is 32.2. The molecule has 1 aliphatic heterocycles. The van der Waals surface area contributed by atoms with Gasteiger partial charge >= 0.3 is 6.03 Å². The minimum Gasteiger partial charge on any atom is -0.381 e.